The Labute approximate surface area is 79.4 Å². The molecule has 0 aliphatic heterocycles. The predicted octanol–water partition coefficient (Wildman–Crippen LogP) is 2.12. The molecule has 1 aromatic carbocycles. The van der Waals surface area contributed by atoms with E-state index in [1.807, 2.05) is 12.1 Å². The molecule has 68 valence electrons. The van der Waals surface area contributed by atoms with Gasteiger partial charge in [0, 0.05) is 18.6 Å². The summed E-state index contributed by atoms with van der Waals surface area (Å²) in [5.74, 6) is 6.06. The normalized spacial score (nSPS) is 9.08. The van der Waals surface area contributed by atoms with Crippen molar-refractivity contribution in [1.82, 2.24) is 0 Å². The standard InChI is InChI=1S/C12H14O/c1-11-6-8-12(9-7-11)5-3-2-4-10-13/h6-9,13H,2,4,10H2,1H3. The molecule has 0 heterocycles. The van der Waals surface area contributed by atoms with Crippen molar-refractivity contribution in [1.29, 1.82) is 0 Å². The fraction of sp³-hybridized carbons (Fsp3) is 0.333. The van der Waals surface area contributed by atoms with Crippen molar-refractivity contribution in [2.75, 3.05) is 6.61 Å². The Bertz CT molecular complexity index is 300. The van der Waals surface area contributed by atoms with Crippen LogP contribution >= 0.6 is 0 Å². The molecule has 0 saturated carbocycles. The van der Waals surface area contributed by atoms with Gasteiger partial charge < -0.3 is 5.11 Å². The van der Waals surface area contributed by atoms with Crippen molar-refractivity contribution in [3.8, 4) is 11.8 Å². The third kappa shape index (κ3) is 3.78. The lowest BCUT2D eigenvalue weighted by atomic mass is 10.1. The second kappa shape index (κ2) is 5.40. The lowest BCUT2D eigenvalue weighted by Crippen LogP contribution is -1.79. The lowest BCUT2D eigenvalue weighted by Gasteiger charge is -1.91. The van der Waals surface area contributed by atoms with Gasteiger partial charge in [0.1, 0.15) is 0 Å². The Morgan fingerprint density at radius 2 is 1.92 bits per heavy atom. The van der Waals surface area contributed by atoms with E-state index in [0.29, 0.717) is 0 Å². The Kier molecular flexibility index (Phi) is 4.08. The molecular weight excluding hydrogens is 160 g/mol. The highest BCUT2D eigenvalue weighted by Gasteiger charge is 1.85. The summed E-state index contributed by atoms with van der Waals surface area (Å²) >= 11 is 0. The van der Waals surface area contributed by atoms with E-state index in [4.69, 9.17) is 5.11 Å². The number of aryl methyl sites for hydroxylation is 1. The largest absolute Gasteiger partial charge is 0.396 e. The van der Waals surface area contributed by atoms with Crippen molar-refractivity contribution >= 4 is 0 Å². The highest BCUT2D eigenvalue weighted by molar-refractivity contribution is 5.35. The van der Waals surface area contributed by atoms with Gasteiger partial charge in [-0.15, -0.1) is 0 Å². The summed E-state index contributed by atoms with van der Waals surface area (Å²) in [6.07, 6.45) is 1.53. The predicted molar refractivity (Wildman–Crippen MR) is 54.4 cm³/mol. The molecule has 0 radical (unpaired) electrons. The molecule has 0 unspecified atom stereocenters. The van der Waals surface area contributed by atoms with Gasteiger partial charge in [-0.3, -0.25) is 0 Å². The molecule has 1 nitrogen and oxygen atoms in total. The van der Waals surface area contributed by atoms with Crippen molar-refractivity contribution in [2.24, 2.45) is 0 Å². The maximum atomic E-state index is 8.53. The summed E-state index contributed by atoms with van der Waals surface area (Å²) in [6, 6.07) is 8.13. The van der Waals surface area contributed by atoms with E-state index >= 15 is 0 Å². The van der Waals surface area contributed by atoms with Gasteiger partial charge in [-0.25, -0.2) is 0 Å². The van der Waals surface area contributed by atoms with Gasteiger partial charge in [0.05, 0.1) is 0 Å². The third-order valence-corrected chi connectivity index (χ3v) is 1.74. The van der Waals surface area contributed by atoms with Crippen LogP contribution in [-0.4, -0.2) is 11.7 Å². The zero-order valence-corrected chi connectivity index (χ0v) is 7.88. The lowest BCUT2D eigenvalue weighted by molar-refractivity contribution is 0.290. The maximum Gasteiger partial charge on any atom is 0.0440 e. The Morgan fingerprint density at radius 3 is 2.54 bits per heavy atom. The van der Waals surface area contributed by atoms with E-state index in [-0.39, 0.29) is 6.61 Å². The summed E-state index contributed by atoms with van der Waals surface area (Å²) in [7, 11) is 0. The van der Waals surface area contributed by atoms with Crippen LogP contribution in [0.2, 0.25) is 0 Å². The Morgan fingerprint density at radius 1 is 1.23 bits per heavy atom. The average Bonchev–Trinajstić information content (AvgIpc) is 2.15. The van der Waals surface area contributed by atoms with Crippen LogP contribution in [0.5, 0.6) is 0 Å². The molecular formula is C12H14O. The first kappa shape index (κ1) is 9.83. The fourth-order valence-corrected chi connectivity index (χ4v) is 0.969. The Hall–Kier alpha value is -1.26. The van der Waals surface area contributed by atoms with Gasteiger partial charge in [0.15, 0.2) is 0 Å². The second-order valence-electron chi connectivity index (χ2n) is 2.99. The maximum absolute atomic E-state index is 8.53. The van der Waals surface area contributed by atoms with E-state index in [0.717, 1.165) is 18.4 Å². The first-order valence-electron chi connectivity index (χ1n) is 4.49. The molecule has 0 atom stereocenters. The first-order valence-corrected chi connectivity index (χ1v) is 4.49. The van der Waals surface area contributed by atoms with Crippen LogP contribution in [0, 0.1) is 18.8 Å². The quantitative estimate of drug-likeness (QED) is 0.538. The van der Waals surface area contributed by atoms with Crippen molar-refractivity contribution in [3.63, 3.8) is 0 Å². The zero-order chi connectivity index (χ0) is 9.52. The van der Waals surface area contributed by atoms with Crippen LogP contribution in [-0.2, 0) is 0 Å². The van der Waals surface area contributed by atoms with Gasteiger partial charge in [0.2, 0.25) is 0 Å². The van der Waals surface area contributed by atoms with Crippen LogP contribution in [0.4, 0.5) is 0 Å². The molecule has 0 amide bonds. The third-order valence-electron chi connectivity index (χ3n) is 1.74. The van der Waals surface area contributed by atoms with Gasteiger partial charge in [-0.2, -0.15) is 0 Å². The second-order valence-corrected chi connectivity index (χ2v) is 2.99. The van der Waals surface area contributed by atoms with E-state index in [2.05, 4.69) is 30.9 Å². The molecule has 13 heavy (non-hydrogen) atoms. The Balaban J connectivity index is 2.52. The molecule has 0 fully saturated rings. The summed E-state index contributed by atoms with van der Waals surface area (Å²) < 4.78 is 0. The molecule has 1 rings (SSSR count). The van der Waals surface area contributed by atoms with Crippen LogP contribution in [0.1, 0.15) is 24.0 Å². The molecule has 0 aromatic heterocycles. The SMILES string of the molecule is Cc1ccc(C#CCCCO)cc1. The number of hydrogen-bond acceptors (Lipinski definition) is 1. The number of aliphatic hydroxyl groups excluding tert-OH is 1. The van der Waals surface area contributed by atoms with E-state index in [1.54, 1.807) is 0 Å². The molecule has 1 heteroatoms. The van der Waals surface area contributed by atoms with E-state index < -0.39 is 0 Å². The minimum Gasteiger partial charge on any atom is -0.396 e. The van der Waals surface area contributed by atoms with Gasteiger partial charge in [-0.05, 0) is 25.5 Å². The minimum atomic E-state index is 0.225. The molecule has 0 spiro atoms. The van der Waals surface area contributed by atoms with Crippen LogP contribution in [0.25, 0.3) is 0 Å². The highest BCUT2D eigenvalue weighted by Crippen LogP contribution is 2.01. The number of benzene rings is 1. The number of rotatable bonds is 2. The molecule has 1 N–H and O–H groups in total. The average molecular weight is 174 g/mol. The summed E-state index contributed by atoms with van der Waals surface area (Å²) in [5, 5.41) is 8.53. The molecule has 0 bridgehead atoms. The van der Waals surface area contributed by atoms with Crippen LogP contribution in [0.3, 0.4) is 0 Å². The van der Waals surface area contributed by atoms with Crippen molar-refractivity contribution < 1.29 is 5.11 Å². The smallest absolute Gasteiger partial charge is 0.0440 e. The number of hydrogen-bond donors (Lipinski definition) is 1. The van der Waals surface area contributed by atoms with Crippen LogP contribution in [0.15, 0.2) is 24.3 Å². The van der Waals surface area contributed by atoms with Gasteiger partial charge >= 0.3 is 0 Å². The van der Waals surface area contributed by atoms with E-state index in [9.17, 15) is 0 Å². The van der Waals surface area contributed by atoms with Crippen molar-refractivity contribution in [3.05, 3.63) is 35.4 Å². The molecule has 0 aliphatic carbocycles. The summed E-state index contributed by atoms with van der Waals surface area (Å²) in [4.78, 5) is 0. The topological polar surface area (TPSA) is 20.2 Å². The minimum absolute atomic E-state index is 0.225. The number of unbranched alkanes of at least 4 members (excludes halogenated alkanes) is 1. The van der Waals surface area contributed by atoms with E-state index in [1.165, 1.54) is 5.56 Å². The highest BCUT2D eigenvalue weighted by atomic mass is 16.2. The molecule has 0 aliphatic rings. The zero-order valence-electron chi connectivity index (χ0n) is 7.88. The summed E-state index contributed by atoms with van der Waals surface area (Å²) in [5.41, 5.74) is 2.30. The van der Waals surface area contributed by atoms with Crippen molar-refractivity contribution in [2.45, 2.75) is 19.8 Å². The van der Waals surface area contributed by atoms with Gasteiger partial charge in [0.25, 0.3) is 0 Å². The number of aliphatic hydroxyl groups is 1. The molecule has 1 aromatic rings. The van der Waals surface area contributed by atoms with Crippen LogP contribution < -0.4 is 0 Å². The fourth-order valence-electron chi connectivity index (χ4n) is 0.969. The summed E-state index contributed by atoms with van der Waals surface area (Å²) in [6.45, 7) is 2.28. The first-order chi connectivity index (χ1) is 6.33. The molecule has 0 saturated heterocycles. The van der Waals surface area contributed by atoms with Gasteiger partial charge in [-0.1, -0.05) is 29.5 Å². The monoisotopic (exact) mass is 174 g/mol.